The first kappa shape index (κ1) is 36.0. The minimum Gasteiger partial charge on any atom is -0.456 e. The Bertz CT molecular complexity index is 976. The molecule has 1 aromatic carbocycles. The van der Waals surface area contributed by atoms with Gasteiger partial charge in [0.25, 0.3) is 0 Å². The van der Waals surface area contributed by atoms with Crippen LogP contribution in [-0.4, -0.2) is 42.2 Å². The molecule has 0 aromatic heterocycles. The van der Waals surface area contributed by atoms with E-state index in [9.17, 15) is 9.59 Å². The molecular weight excluding hydrogens is 507 g/mol. The van der Waals surface area contributed by atoms with Crippen LogP contribution in [0.4, 0.5) is 4.79 Å². The van der Waals surface area contributed by atoms with Crippen LogP contribution in [0, 0.1) is 5.41 Å². The van der Waals surface area contributed by atoms with Gasteiger partial charge in [-0.2, -0.15) is 0 Å². The van der Waals surface area contributed by atoms with Crippen LogP contribution in [0.15, 0.2) is 18.2 Å². The zero-order chi connectivity index (χ0) is 31.1. The third kappa shape index (κ3) is 10.4. The molecule has 3 unspecified atom stereocenters. The van der Waals surface area contributed by atoms with E-state index in [0.717, 1.165) is 19.3 Å². The van der Waals surface area contributed by atoms with E-state index < -0.39 is 30.4 Å². The topological polar surface area (TPSA) is 80.3 Å². The van der Waals surface area contributed by atoms with Crippen molar-refractivity contribution in [2.75, 3.05) is 0 Å². The summed E-state index contributed by atoms with van der Waals surface area (Å²) in [5.74, 6) is -0.467. The van der Waals surface area contributed by atoms with E-state index in [1.165, 1.54) is 0 Å². The fourth-order valence-electron chi connectivity index (χ4n) is 5.17. The molecule has 228 valence electrons. The molecule has 2 fully saturated rings. The van der Waals surface area contributed by atoms with Gasteiger partial charge in [-0.3, -0.25) is 0 Å². The summed E-state index contributed by atoms with van der Waals surface area (Å²) < 4.78 is 29.5. The molecule has 0 spiro atoms. The Kier molecular flexibility index (Phi) is 12.8. The van der Waals surface area contributed by atoms with Crippen molar-refractivity contribution in [2.45, 2.75) is 151 Å². The van der Waals surface area contributed by atoms with Crippen molar-refractivity contribution in [2.24, 2.45) is 5.41 Å². The van der Waals surface area contributed by atoms with Gasteiger partial charge in [0.05, 0.1) is 11.7 Å². The summed E-state index contributed by atoms with van der Waals surface area (Å²) in [5.41, 5.74) is -0.691. The molecule has 2 aliphatic rings. The maximum absolute atomic E-state index is 13.0. The van der Waals surface area contributed by atoms with E-state index >= 15 is 0 Å². The molecular formula is C32H55BO7. The first-order valence-corrected chi connectivity index (χ1v) is 15.0. The van der Waals surface area contributed by atoms with E-state index in [1.54, 1.807) is 53.7 Å². The Morgan fingerprint density at radius 1 is 1.00 bits per heavy atom. The average Bonchev–Trinajstić information content (AvgIpc) is 3.15. The first-order chi connectivity index (χ1) is 18.4. The van der Waals surface area contributed by atoms with Gasteiger partial charge in [0.1, 0.15) is 16.8 Å². The van der Waals surface area contributed by atoms with Crippen molar-refractivity contribution in [3.05, 3.63) is 29.3 Å². The van der Waals surface area contributed by atoms with Crippen LogP contribution in [0.3, 0.4) is 0 Å². The van der Waals surface area contributed by atoms with Gasteiger partial charge < -0.3 is 23.5 Å². The predicted octanol–water partition coefficient (Wildman–Crippen LogP) is 8.81. The molecule has 1 aromatic rings. The lowest BCUT2D eigenvalue weighted by molar-refractivity contribution is -0.0298. The van der Waals surface area contributed by atoms with E-state index in [-0.39, 0.29) is 34.3 Å². The molecule has 1 aliphatic carbocycles. The Labute approximate surface area is 244 Å². The van der Waals surface area contributed by atoms with Crippen molar-refractivity contribution in [3.8, 4) is 5.75 Å². The van der Waals surface area contributed by atoms with Crippen LogP contribution in [0.25, 0.3) is 0 Å². The Hall–Kier alpha value is -2.06. The van der Waals surface area contributed by atoms with Gasteiger partial charge in [-0.05, 0) is 97.0 Å². The highest BCUT2D eigenvalue weighted by Gasteiger charge is 2.54. The molecule has 7 nitrogen and oxygen atoms in total. The number of carbonyl (C=O) groups is 2. The molecule has 1 saturated heterocycles. The summed E-state index contributed by atoms with van der Waals surface area (Å²) >= 11 is 0. The smallest absolute Gasteiger partial charge is 0.456 e. The second kappa shape index (κ2) is 14.2. The van der Waals surface area contributed by atoms with Gasteiger partial charge in [-0.1, -0.05) is 60.6 Å². The predicted molar refractivity (Wildman–Crippen MR) is 162 cm³/mol. The van der Waals surface area contributed by atoms with Crippen molar-refractivity contribution >= 4 is 19.2 Å². The summed E-state index contributed by atoms with van der Waals surface area (Å²) in [6.07, 6.45) is 2.67. The zero-order valence-corrected chi connectivity index (χ0v) is 27.7. The quantitative estimate of drug-likeness (QED) is 0.201. The Balaban J connectivity index is 0.00000191. The number of rotatable bonds is 5. The van der Waals surface area contributed by atoms with E-state index in [1.807, 2.05) is 40.7 Å². The minimum atomic E-state index is -0.874. The molecule has 0 N–H and O–H groups in total. The molecule has 0 bridgehead atoms. The number of carbonyl (C=O) groups excluding carboxylic acids is 2. The summed E-state index contributed by atoms with van der Waals surface area (Å²) in [6.45, 7) is 27.4. The van der Waals surface area contributed by atoms with E-state index in [4.69, 9.17) is 23.5 Å². The van der Waals surface area contributed by atoms with Crippen LogP contribution in [-0.2, 0) is 25.2 Å². The molecule has 3 rings (SSSR count). The number of hydrogen-bond acceptors (Lipinski definition) is 7. The normalized spacial score (nSPS) is 22.4. The van der Waals surface area contributed by atoms with Gasteiger partial charge in [0, 0.05) is 0 Å². The highest BCUT2D eigenvalue weighted by Crippen LogP contribution is 2.49. The van der Waals surface area contributed by atoms with Crippen molar-refractivity contribution < 1.29 is 33.1 Å². The zero-order valence-electron chi connectivity index (χ0n) is 27.7. The molecule has 0 radical (unpaired) electrons. The number of benzene rings is 1. The third-order valence-electron chi connectivity index (χ3n) is 6.57. The lowest BCUT2D eigenvalue weighted by Crippen LogP contribution is -2.45. The largest absolute Gasteiger partial charge is 0.514 e. The molecule has 40 heavy (non-hydrogen) atoms. The van der Waals surface area contributed by atoms with Gasteiger partial charge in [-0.25, -0.2) is 9.59 Å². The van der Waals surface area contributed by atoms with Crippen LogP contribution >= 0.6 is 0 Å². The van der Waals surface area contributed by atoms with Crippen molar-refractivity contribution in [3.63, 3.8) is 0 Å². The molecule has 3 atom stereocenters. The number of esters is 1. The fourth-order valence-corrected chi connectivity index (χ4v) is 5.17. The highest BCUT2D eigenvalue weighted by atomic mass is 16.7. The maximum Gasteiger partial charge on any atom is 0.514 e. The lowest BCUT2D eigenvalue weighted by Gasteiger charge is -2.43. The molecule has 8 heteroatoms. The number of fused-ring (bicyclic) bond motifs is 1. The van der Waals surface area contributed by atoms with Gasteiger partial charge in [0.2, 0.25) is 0 Å². The summed E-state index contributed by atoms with van der Waals surface area (Å²) in [5, 5.41) is 0. The molecule has 1 saturated carbocycles. The monoisotopic (exact) mass is 562 g/mol. The van der Waals surface area contributed by atoms with Crippen LogP contribution in [0.2, 0.25) is 5.82 Å². The third-order valence-corrected chi connectivity index (χ3v) is 6.57. The number of ether oxygens (including phenoxy) is 3. The standard InChI is InChI=1S/C28H43BO7.2C2H6/c1-18(29-35-21-14-15-27(8,9)17-28(21,10)36-29)16-19-12-11-13-20(23(30)33-25(2,3)4)22(19)32-24(31)34-26(5,6)7;2*1-2/h11-13,18,21H,14-17H2,1-10H3;2*1-2H3. The second-order valence-corrected chi connectivity index (χ2v) is 13.3. The molecule has 1 heterocycles. The lowest BCUT2D eigenvalue weighted by atomic mass is 9.68. The van der Waals surface area contributed by atoms with Gasteiger partial charge in [-0.15, -0.1) is 0 Å². The first-order valence-electron chi connectivity index (χ1n) is 15.0. The fraction of sp³-hybridized carbons (Fsp3) is 0.750. The average molecular weight is 563 g/mol. The minimum absolute atomic E-state index is 0.0505. The highest BCUT2D eigenvalue weighted by molar-refractivity contribution is 6.47. The Morgan fingerprint density at radius 2 is 1.57 bits per heavy atom. The summed E-state index contributed by atoms with van der Waals surface area (Å²) in [4.78, 5) is 25.6. The van der Waals surface area contributed by atoms with E-state index in [0.29, 0.717) is 12.0 Å². The van der Waals surface area contributed by atoms with Gasteiger partial charge >= 0.3 is 19.2 Å². The van der Waals surface area contributed by atoms with Crippen LogP contribution < -0.4 is 4.74 Å². The maximum atomic E-state index is 13.0. The Morgan fingerprint density at radius 3 is 2.12 bits per heavy atom. The molecule has 1 aliphatic heterocycles. The van der Waals surface area contributed by atoms with Crippen molar-refractivity contribution in [1.82, 2.24) is 0 Å². The number of para-hydroxylation sites is 1. The number of hydrogen-bond donors (Lipinski definition) is 0. The van der Waals surface area contributed by atoms with Crippen LogP contribution in [0.1, 0.15) is 132 Å². The van der Waals surface area contributed by atoms with Gasteiger partial charge in [0.15, 0.2) is 5.75 Å². The molecule has 0 amide bonds. The van der Waals surface area contributed by atoms with Crippen LogP contribution in [0.5, 0.6) is 5.75 Å². The van der Waals surface area contributed by atoms with E-state index in [2.05, 4.69) is 20.8 Å². The second-order valence-electron chi connectivity index (χ2n) is 13.3. The SMILES string of the molecule is CC.CC.CC(Cc1cccc(C(=O)OC(C)(C)C)c1OC(=O)OC(C)(C)C)B1OC2CCC(C)(C)CC2(C)O1. The summed E-state index contributed by atoms with van der Waals surface area (Å²) in [6, 6.07) is 5.21. The summed E-state index contributed by atoms with van der Waals surface area (Å²) in [7, 11) is -0.395. The van der Waals surface area contributed by atoms with Crippen molar-refractivity contribution in [1.29, 1.82) is 0 Å².